The molecule has 0 spiro atoms. The van der Waals surface area contributed by atoms with Gasteiger partial charge in [-0.1, -0.05) is 36.4 Å². The summed E-state index contributed by atoms with van der Waals surface area (Å²) in [6.07, 6.45) is 0.473. The number of alkyl halides is 3. The van der Waals surface area contributed by atoms with Gasteiger partial charge in [-0.3, -0.25) is 14.6 Å². The van der Waals surface area contributed by atoms with Crippen LogP contribution in [0.2, 0.25) is 0 Å². The molecule has 0 aliphatic rings. The standard InChI is InChI=1S/C26H21F3N4O2/c1-33-16-20(13-23(33)25(35)31-15-17-5-4-12-30-14-17)32-24(34)22-7-3-2-6-21(22)18-8-10-19(11-9-18)26(27,28)29/h2-14,16H,15H2,1H3,(H,31,35)(H,32,34). The molecular formula is C26H21F3N4O2. The van der Waals surface area contributed by atoms with Gasteiger partial charge >= 0.3 is 6.18 Å². The van der Waals surface area contributed by atoms with Gasteiger partial charge in [-0.05, 0) is 47.0 Å². The number of carbonyl (C=O) groups excluding carboxylic acids is 2. The summed E-state index contributed by atoms with van der Waals surface area (Å²) >= 11 is 0. The molecule has 0 bridgehead atoms. The minimum absolute atomic E-state index is 0.290. The molecule has 0 saturated heterocycles. The van der Waals surface area contributed by atoms with Gasteiger partial charge in [0.2, 0.25) is 0 Å². The molecule has 0 atom stereocenters. The maximum atomic E-state index is 13.0. The molecule has 0 unspecified atom stereocenters. The Morgan fingerprint density at radius 1 is 0.971 bits per heavy atom. The molecule has 0 aliphatic heterocycles. The molecule has 2 N–H and O–H groups in total. The molecule has 4 rings (SSSR count). The van der Waals surface area contributed by atoms with Crippen molar-refractivity contribution in [1.82, 2.24) is 14.9 Å². The van der Waals surface area contributed by atoms with E-state index in [2.05, 4.69) is 15.6 Å². The van der Waals surface area contributed by atoms with Crippen molar-refractivity contribution in [2.45, 2.75) is 12.7 Å². The molecule has 9 heteroatoms. The van der Waals surface area contributed by atoms with Crippen LogP contribution in [0.3, 0.4) is 0 Å². The first kappa shape index (κ1) is 23.7. The van der Waals surface area contributed by atoms with E-state index >= 15 is 0 Å². The highest BCUT2D eigenvalue weighted by molar-refractivity contribution is 6.09. The largest absolute Gasteiger partial charge is 0.416 e. The fourth-order valence-corrected chi connectivity index (χ4v) is 3.60. The van der Waals surface area contributed by atoms with Crippen molar-refractivity contribution in [2.75, 3.05) is 5.32 Å². The van der Waals surface area contributed by atoms with E-state index in [1.807, 2.05) is 6.07 Å². The number of aryl methyl sites for hydroxylation is 1. The van der Waals surface area contributed by atoms with E-state index in [9.17, 15) is 22.8 Å². The number of nitrogens with zero attached hydrogens (tertiary/aromatic N) is 2. The fraction of sp³-hybridized carbons (Fsp3) is 0.115. The SMILES string of the molecule is Cn1cc(NC(=O)c2ccccc2-c2ccc(C(F)(F)F)cc2)cc1C(=O)NCc1cccnc1. The monoisotopic (exact) mass is 478 g/mol. The molecule has 0 saturated carbocycles. The smallest absolute Gasteiger partial charge is 0.347 e. The number of nitrogens with one attached hydrogen (secondary N) is 2. The van der Waals surface area contributed by atoms with Crippen molar-refractivity contribution in [3.05, 3.63) is 108 Å². The van der Waals surface area contributed by atoms with Gasteiger partial charge in [0, 0.05) is 37.7 Å². The predicted molar refractivity (Wildman–Crippen MR) is 126 cm³/mol. The molecule has 2 aromatic heterocycles. The molecule has 0 fully saturated rings. The number of carbonyl (C=O) groups is 2. The van der Waals surface area contributed by atoms with Crippen molar-refractivity contribution in [2.24, 2.45) is 7.05 Å². The molecule has 0 radical (unpaired) electrons. The molecule has 4 aromatic rings. The average molecular weight is 478 g/mol. The Balaban J connectivity index is 1.49. The lowest BCUT2D eigenvalue weighted by atomic mass is 9.98. The van der Waals surface area contributed by atoms with Gasteiger partial charge in [0.1, 0.15) is 5.69 Å². The Kier molecular flexibility index (Phi) is 6.68. The molecule has 2 amide bonds. The number of benzene rings is 2. The van der Waals surface area contributed by atoms with Crippen LogP contribution in [0.5, 0.6) is 0 Å². The highest BCUT2D eigenvalue weighted by Crippen LogP contribution is 2.32. The maximum Gasteiger partial charge on any atom is 0.416 e. The van der Waals surface area contributed by atoms with Crippen molar-refractivity contribution >= 4 is 17.5 Å². The number of pyridine rings is 1. The van der Waals surface area contributed by atoms with Gasteiger partial charge in [0.25, 0.3) is 11.8 Å². The van der Waals surface area contributed by atoms with E-state index in [4.69, 9.17) is 0 Å². The first-order valence-electron chi connectivity index (χ1n) is 10.6. The second kappa shape index (κ2) is 9.84. The van der Waals surface area contributed by atoms with E-state index in [0.717, 1.165) is 17.7 Å². The number of hydrogen-bond donors (Lipinski definition) is 2. The van der Waals surface area contributed by atoms with Crippen LogP contribution in [0.1, 0.15) is 32.0 Å². The van der Waals surface area contributed by atoms with Crippen LogP contribution < -0.4 is 10.6 Å². The van der Waals surface area contributed by atoms with E-state index in [-0.39, 0.29) is 5.91 Å². The van der Waals surface area contributed by atoms with E-state index < -0.39 is 17.6 Å². The minimum Gasteiger partial charge on any atom is -0.347 e. The van der Waals surface area contributed by atoms with Gasteiger partial charge in [0.05, 0.1) is 11.3 Å². The summed E-state index contributed by atoms with van der Waals surface area (Å²) in [5, 5.41) is 5.57. The molecule has 178 valence electrons. The predicted octanol–water partition coefficient (Wildman–Crippen LogP) is 5.29. The van der Waals surface area contributed by atoms with Crippen LogP contribution in [0.15, 0.2) is 85.3 Å². The quantitative estimate of drug-likeness (QED) is 0.396. The number of hydrogen-bond acceptors (Lipinski definition) is 3. The Hall–Kier alpha value is -4.40. The van der Waals surface area contributed by atoms with Gasteiger partial charge in [-0.25, -0.2) is 0 Å². The van der Waals surface area contributed by atoms with Crippen molar-refractivity contribution < 1.29 is 22.8 Å². The third kappa shape index (κ3) is 5.57. The summed E-state index contributed by atoms with van der Waals surface area (Å²) in [5.41, 5.74) is 2.10. The third-order valence-electron chi connectivity index (χ3n) is 5.37. The summed E-state index contributed by atoms with van der Waals surface area (Å²) in [6, 6.07) is 16.4. The third-order valence-corrected chi connectivity index (χ3v) is 5.37. The Bertz CT molecular complexity index is 1350. The Morgan fingerprint density at radius 3 is 2.40 bits per heavy atom. The minimum atomic E-state index is -4.44. The summed E-state index contributed by atoms with van der Waals surface area (Å²) in [4.78, 5) is 29.6. The van der Waals surface area contributed by atoms with E-state index in [0.29, 0.717) is 34.6 Å². The maximum absolute atomic E-state index is 13.0. The molecule has 6 nitrogen and oxygen atoms in total. The normalized spacial score (nSPS) is 11.2. The van der Waals surface area contributed by atoms with Crippen LogP contribution in [-0.4, -0.2) is 21.4 Å². The van der Waals surface area contributed by atoms with Crippen LogP contribution >= 0.6 is 0 Å². The van der Waals surface area contributed by atoms with Gasteiger partial charge < -0.3 is 15.2 Å². The zero-order valence-corrected chi connectivity index (χ0v) is 18.6. The van der Waals surface area contributed by atoms with Crippen LogP contribution in [-0.2, 0) is 19.8 Å². The first-order valence-corrected chi connectivity index (χ1v) is 10.6. The van der Waals surface area contributed by atoms with Gasteiger partial charge in [-0.2, -0.15) is 13.2 Å². The van der Waals surface area contributed by atoms with Crippen molar-refractivity contribution in [3.63, 3.8) is 0 Å². The number of rotatable bonds is 6. The van der Waals surface area contributed by atoms with Gasteiger partial charge in [0.15, 0.2) is 0 Å². The molecule has 35 heavy (non-hydrogen) atoms. The second-order valence-electron chi connectivity index (χ2n) is 7.84. The van der Waals surface area contributed by atoms with Crippen LogP contribution in [0, 0.1) is 0 Å². The first-order chi connectivity index (χ1) is 16.7. The number of amides is 2. The second-order valence-corrected chi connectivity index (χ2v) is 7.84. The lowest BCUT2D eigenvalue weighted by Crippen LogP contribution is -2.24. The highest BCUT2D eigenvalue weighted by Gasteiger charge is 2.30. The molecule has 2 aromatic carbocycles. The van der Waals surface area contributed by atoms with Crippen molar-refractivity contribution in [3.8, 4) is 11.1 Å². The Morgan fingerprint density at radius 2 is 1.71 bits per heavy atom. The van der Waals surface area contributed by atoms with E-state index in [1.54, 1.807) is 66.6 Å². The van der Waals surface area contributed by atoms with Crippen LogP contribution in [0.25, 0.3) is 11.1 Å². The van der Waals surface area contributed by atoms with Crippen molar-refractivity contribution in [1.29, 1.82) is 0 Å². The topological polar surface area (TPSA) is 76.0 Å². The zero-order valence-electron chi connectivity index (χ0n) is 18.6. The summed E-state index contributed by atoms with van der Waals surface area (Å²) in [7, 11) is 1.69. The average Bonchev–Trinajstić information content (AvgIpc) is 3.22. The fourth-order valence-electron chi connectivity index (χ4n) is 3.60. The molecule has 0 aliphatic carbocycles. The lowest BCUT2D eigenvalue weighted by Gasteiger charge is -2.11. The van der Waals surface area contributed by atoms with E-state index in [1.165, 1.54) is 12.1 Å². The van der Waals surface area contributed by atoms with Gasteiger partial charge in [-0.15, -0.1) is 0 Å². The Labute approximate surface area is 199 Å². The lowest BCUT2D eigenvalue weighted by molar-refractivity contribution is -0.137. The number of halogens is 3. The number of anilines is 1. The number of aromatic nitrogens is 2. The highest BCUT2D eigenvalue weighted by atomic mass is 19.4. The summed E-state index contributed by atoms with van der Waals surface area (Å²) < 4.78 is 40.3. The summed E-state index contributed by atoms with van der Waals surface area (Å²) in [6.45, 7) is 0.306. The molecule has 2 heterocycles. The van der Waals surface area contributed by atoms with Crippen LogP contribution in [0.4, 0.5) is 18.9 Å². The summed E-state index contributed by atoms with van der Waals surface area (Å²) in [5.74, 6) is -0.768. The molecular weight excluding hydrogens is 457 g/mol. The zero-order chi connectivity index (χ0) is 25.0.